The highest BCUT2D eigenvalue weighted by Crippen LogP contribution is 2.07. The fraction of sp³-hybridized carbons (Fsp3) is 0.571. The molecule has 64 valence electrons. The average molecular weight is 161 g/mol. The fourth-order valence-electron chi connectivity index (χ4n) is 0.435. The van der Waals surface area contributed by atoms with Crippen LogP contribution in [0.1, 0.15) is 13.8 Å². The lowest BCUT2D eigenvalue weighted by atomic mass is 10.3. The molecule has 0 rings (SSSR count). The van der Waals surface area contributed by atoms with Crippen LogP contribution in [0.5, 0.6) is 0 Å². The van der Waals surface area contributed by atoms with Crippen molar-refractivity contribution in [1.29, 1.82) is 0 Å². The Balaban J connectivity index is 4.38. The number of carbonyl (C=O) groups is 1. The van der Waals surface area contributed by atoms with Gasteiger partial charge in [0.15, 0.2) is 5.83 Å². The molecule has 4 heteroatoms. The monoisotopic (exact) mass is 161 g/mol. The maximum atomic E-state index is 12.8. The van der Waals surface area contributed by atoms with Gasteiger partial charge in [0.2, 0.25) is 0 Å². The van der Waals surface area contributed by atoms with Gasteiger partial charge in [0, 0.05) is 7.05 Å². The molecule has 1 amide bonds. The zero-order valence-electron chi connectivity index (χ0n) is 7.14. The lowest BCUT2D eigenvalue weighted by molar-refractivity contribution is -0.165. The summed E-state index contributed by atoms with van der Waals surface area (Å²) in [4.78, 5) is 15.4. The van der Waals surface area contributed by atoms with Crippen molar-refractivity contribution in [3.8, 4) is 0 Å². The van der Waals surface area contributed by atoms with E-state index in [-0.39, 0.29) is 0 Å². The minimum absolute atomic E-state index is 0.346. The standard InChI is InChI=1S/C7H12FNO2/c1-5(2)6(8)7(10)9(3)11-4/h1-4H3. The highest BCUT2D eigenvalue weighted by atomic mass is 19.1. The first-order valence-corrected chi connectivity index (χ1v) is 3.15. The van der Waals surface area contributed by atoms with E-state index in [2.05, 4.69) is 4.84 Å². The maximum absolute atomic E-state index is 12.8. The molecule has 11 heavy (non-hydrogen) atoms. The van der Waals surface area contributed by atoms with Gasteiger partial charge in [0.25, 0.3) is 0 Å². The largest absolute Gasteiger partial charge is 0.305 e. The first-order valence-electron chi connectivity index (χ1n) is 3.15. The first kappa shape index (κ1) is 10.1. The lowest BCUT2D eigenvalue weighted by Crippen LogP contribution is -2.26. The van der Waals surface area contributed by atoms with Crippen molar-refractivity contribution in [2.45, 2.75) is 13.8 Å². The number of amides is 1. The smallest absolute Gasteiger partial charge is 0.274 e. The Morgan fingerprint density at radius 3 is 2.18 bits per heavy atom. The van der Waals surface area contributed by atoms with Gasteiger partial charge in [0.05, 0.1) is 7.11 Å². The van der Waals surface area contributed by atoms with Crippen molar-refractivity contribution in [1.82, 2.24) is 5.06 Å². The first-order chi connectivity index (χ1) is 5.00. The fourth-order valence-corrected chi connectivity index (χ4v) is 0.435. The molecule has 0 bridgehead atoms. The van der Waals surface area contributed by atoms with Crippen molar-refractivity contribution in [2.24, 2.45) is 0 Å². The van der Waals surface area contributed by atoms with E-state index in [1.807, 2.05) is 0 Å². The predicted octanol–water partition coefficient (Wildman–Crippen LogP) is 1.27. The van der Waals surface area contributed by atoms with E-state index in [4.69, 9.17) is 0 Å². The minimum atomic E-state index is -0.769. The third kappa shape index (κ3) is 2.67. The van der Waals surface area contributed by atoms with Gasteiger partial charge in [-0.25, -0.2) is 9.45 Å². The second-order valence-electron chi connectivity index (χ2n) is 2.30. The molecule has 0 aromatic rings. The van der Waals surface area contributed by atoms with Crippen LogP contribution in [0.3, 0.4) is 0 Å². The molecule has 0 N–H and O–H groups in total. The molecule has 3 nitrogen and oxygen atoms in total. The Kier molecular flexibility index (Phi) is 3.74. The molecule has 0 aromatic heterocycles. The van der Waals surface area contributed by atoms with Gasteiger partial charge in [-0.15, -0.1) is 0 Å². The number of rotatable bonds is 2. The van der Waals surface area contributed by atoms with Gasteiger partial charge in [-0.2, -0.15) is 0 Å². The summed E-state index contributed by atoms with van der Waals surface area (Å²) in [5.74, 6) is -1.53. The summed E-state index contributed by atoms with van der Waals surface area (Å²) in [6, 6.07) is 0. The Morgan fingerprint density at radius 2 is 1.91 bits per heavy atom. The highest BCUT2D eigenvalue weighted by Gasteiger charge is 2.14. The summed E-state index contributed by atoms with van der Waals surface area (Å²) in [5, 5.41) is 0.836. The molecule has 0 saturated carbocycles. The summed E-state index contributed by atoms with van der Waals surface area (Å²) < 4.78 is 12.8. The van der Waals surface area contributed by atoms with Crippen LogP contribution >= 0.6 is 0 Å². The number of hydroxylamine groups is 2. The zero-order valence-corrected chi connectivity index (χ0v) is 7.14. The van der Waals surface area contributed by atoms with E-state index < -0.39 is 11.7 Å². The molecular formula is C7H12FNO2. The molecule has 0 aliphatic heterocycles. The summed E-state index contributed by atoms with van der Waals surface area (Å²) in [6.45, 7) is 3.05. The van der Waals surface area contributed by atoms with Crippen molar-refractivity contribution in [3.05, 3.63) is 11.4 Å². The lowest BCUT2D eigenvalue weighted by Gasteiger charge is -2.12. The van der Waals surface area contributed by atoms with Crippen molar-refractivity contribution in [3.63, 3.8) is 0 Å². The van der Waals surface area contributed by atoms with E-state index >= 15 is 0 Å². The normalized spacial score (nSPS) is 9.18. The Bertz CT molecular complexity index is 185. The minimum Gasteiger partial charge on any atom is -0.274 e. The molecule has 0 heterocycles. The molecule has 0 atom stereocenters. The Morgan fingerprint density at radius 1 is 1.45 bits per heavy atom. The van der Waals surface area contributed by atoms with E-state index in [9.17, 15) is 9.18 Å². The number of hydrogen-bond acceptors (Lipinski definition) is 2. The third-order valence-electron chi connectivity index (χ3n) is 1.19. The Hall–Kier alpha value is -0.900. The maximum Gasteiger partial charge on any atom is 0.305 e. The quantitative estimate of drug-likeness (QED) is 0.451. The number of halogens is 1. The second-order valence-corrected chi connectivity index (χ2v) is 2.30. The van der Waals surface area contributed by atoms with Crippen LogP contribution in [0.2, 0.25) is 0 Å². The summed E-state index contributed by atoms with van der Waals surface area (Å²) in [7, 11) is 2.65. The van der Waals surface area contributed by atoms with E-state index in [1.165, 1.54) is 28.0 Å². The molecule has 0 spiro atoms. The average Bonchev–Trinajstić information content (AvgIpc) is 2.00. The van der Waals surface area contributed by atoms with Gasteiger partial charge < -0.3 is 0 Å². The topological polar surface area (TPSA) is 29.5 Å². The van der Waals surface area contributed by atoms with Gasteiger partial charge >= 0.3 is 5.91 Å². The van der Waals surface area contributed by atoms with Crippen molar-refractivity contribution in [2.75, 3.05) is 14.2 Å². The SMILES string of the molecule is CON(C)C(=O)C(F)=C(C)C. The van der Waals surface area contributed by atoms with Crippen LogP contribution in [0.25, 0.3) is 0 Å². The molecule has 0 radical (unpaired) electrons. The molecule has 0 aliphatic carbocycles. The van der Waals surface area contributed by atoms with Crippen LogP contribution < -0.4 is 0 Å². The summed E-state index contributed by atoms with van der Waals surface area (Å²) in [6.07, 6.45) is 0. The van der Waals surface area contributed by atoms with Crippen molar-refractivity contribution < 1.29 is 14.0 Å². The van der Waals surface area contributed by atoms with Crippen LogP contribution in [0, 0.1) is 0 Å². The number of nitrogens with zero attached hydrogens (tertiary/aromatic N) is 1. The summed E-state index contributed by atoms with van der Waals surface area (Å²) in [5.41, 5.74) is 0.346. The third-order valence-corrected chi connectivity index (χ3v) is 1.19. The second kappa shape index (κ2) is 4.08. The van der Waals surface area contributed by atoms with Gasteiger partial charge in [-0.3, -0.25) is 9.63 Å². The number of carbonyl (C=O) groups excluding carboxylic acids is 1. The van der Waals surface area contributed by atoms with Crippen LogP contribution in [-0.2, 0) is 9.63 Å². The van der Waals surface area contributed by atoms with Gasteiger partial charge in [0.1, 0.15) is 0 Å². The molecule has 0 aromatic carbocycles. The van der Waals surface area contributed by atoms with E-state index in [0.717, 1.165) is 5.06 Å². The zero-order chi connectivity index (χ0) is 9.02. The predicted molar refractivity (Wildman–Crippen MR) is 39.3 cm³/mol. The molecular weight excluding hydrogens is 149 g/mol. The number of hydrogen-bond donors (Lipinski definition) is 0. The molecule has 0 unspecified atom stereocenters. The van der Waals surface area contributed by atoms with Crippen LogP contribution in [0.15, 0.2) is 11.4 Å². The van der Waals surface area contributed by atoms with Gasteiger partial charge in [-0.05, 0) is 19.4 Å². The molecule has 0 aliphatic rings. The van der Waals surface area contributed by atoms with Crippen LogP contribution in [0.4, 0.5) is 4.39 Å². The van der Waals surface area contributed by atoms with Gasteiger partial charge in [-0.1, -0.05) is 0 Å². The number of allylic oxidation sites excluding steroid dienone is 1. The van der Waals surface area contributed by atoms with Crippen LogP contribution in [-0.4, -0.2) is 25.1 Å². The Labute approximate surface area is 65.4 Å². The van der Waals surface area contributed by atoms with Crippen molar-refractivity contribution >= 4 is 5.91 Å². The molecule has 0 saturated heterocycles. The summed E-state index contributed by atoms with van der Waals surface area (Å²) >= 11 is 0. The van der Waals surface area contributed by atoms with E-state index in [0.29, 0.717) is 5.57 Å². The highest BCUT2D eigenvalue weighted by molar-refractivity contribution is 5.90. The molecule has 0 fully saturated rings. The number of likely N-dealkylation sites (N-methyl/N-ethyl adjacent to an activating group) is 1. The van der Waals surface area contributed by atoms with E-state index in [1.54, 1.807) is 0 Å².